The minimum atomic E-state index is -0.0671. The minimum Gasteiger partial charge on any atom is -0.497 e. The summed E-state index contributed by atoms with van der Waals surface area (Å²) in [6.45, 7) is 0.664. The average Bonchev–Trinajstić information content (AvgIpc) is 2.42. The first kappa shape index (κ1) is 13.1. The minimum absolute atomic E-state index is 0.0671. The van der Waals surface area contributed by atoms with Gasteiger partial charge < -0.3 is 14.2 Å². The third kappa shape index (κ3) is 3.13. The van der Waals surface area contributed by atoms with Crippen LogP contribution in [-0.2, 0) is 13.6 Å². The van der Waals surface area contributed by atoms with Gasteiger partial charge in [0.25, 0.3) is 5.56 Å². The van der Waals surface area contributed by atoms with Gasteiger partial charge in [0.05, 0.1) is 13.4 Å². The van der Waals surface area contributed by atoms with Crippen molar-refractivity contribution in [1.82, 2.24) is 9.55 Å². The van der Waals surface area contributed by atoms with E-state index in [1.54, 1.807) is 14.2 Å². The molecular formula is C14H17N3O2. The molecule has 1 heterocycles. The summed E-state index contributed by atoms with van der Waals surface area (Å²) in [5.41, 5.74) is 1.03. The number of aromatic nitrogens is 2. The Bertz CT molecular complexity index is 622. The van der Waals surface area contributed by atoms with Gasteiger partial charge in [-0.1, -0.05) is 12.1 Å². The second kappa shape index (κ2) is 5.56. The average molecular weight is 259 g/mol. The molecule has 1 aromatic heterocycles. The third-order valence-corrected chi connectivity index (χ3v) is 2.91. The van der Waals surface area contributed by atoms with Gasteiger partial charge in [-0.3, -0.25) is 4.79 Å². The van der Waals surface area contributed by atoms with E-state index in [4.69, 9.17) is 4.74 Å². The molecule has 0 radical (unpaired) electrons. The molecule has 0 aliphatic carbocycles. The predicted molar refractivity (Wildman–Crippen MR) is 74.6 cm³/mol. The van der Waals surface area contributed by atoms with Gasteiger partial charge in [-0.15, -0.1) is 0 Å². The van der Waals surface area contributed by atoms with Crippen LogP contribution in [0.2, 0.25) is 0 Å². The van der Waals surface area contributed by atoms with Crippen molar-refractivity contribution >= 4 is 5.82 Å². The highest BCUT2D eigenvalue weighted by Crippen LogP contribution is 2.15. The molecule has 2 rings (SSSR count). The van der Waals surface area contributed by atoms with E-state index in [0.717, 1.165) is 11.3 Å². The molecule has 0 unspecified atom stereocenters. The molecule has 0 aliphatic heterocycles. The van der Waals surface area contributed by atoms with E-state index >= 15 is 0 Å². The Balaban J connectivity index is 2.17. The molecule has 19 heavy (non-hydrogen) atoms. The first-order valence-corrected chi connectivity index (χ1v) is 5.97. The lowest BCUT2D eigenvalue weighted by molar-refractivity contribution is 0.414. The number of nitrogens with zero attached hydrogens (tertiary/aromatic N) is 3. The van der Waals surface area contributed by atoms with Gasteiger partial charge in [0, 0.05) is 26.7 Å². The summed E-state index contributed by atoms with van der Waals surface area (Å²) < 4.78 is 6.64. The Morgan fingerprint density at radius 2 is 2.16 bits per heavy atom. The molecule has 5 nitrogen and oxygen atoms in total. The summed E-state index contributed by atoms with van der Waals surface area (Å²) in [7, 11) is 5.23. The Morgan fingerprint density at radius 1 is 1.37 bits per heavy atom. The molecule has 0 saturated heterocycles. The van der Waals surface area contributed by atoms with Crippen molar-refractivity contribution < 1.29 is 4.74 Å². The smallest absolute Gasteiger partial charge is 0.255 e. The molecule has 2 aromatic rings. The fraction of sp³-hybridized carbons (Fsp3) is 0.286. The first-order chi connectivity index (χ1) is 9.10. The van der Waals surface area contributed by atoms with Crippen molar-refractivity contribution in [2.45, 2.75) is 6.54 Å². The van der Waals surface area contributed by atoms with Crippen molar-refractivity contribution in [3.8, 4) is 5.75 Å². The van der Waals surface area contributed by atoms with Crippen LogP contribution >= 0.6 is 0 Å². The summed E-state index contributed by atoms with van der Waals surface area (Å²) >= 11 is 0. The van der Waals surface area contributed by atoms with Crippen LogP contribution in [0.5, 0.6) is 5.75 Å². The van der Waals surface area contributed by atoms with Crippen molar-refractivity contribution in [2.75, 3.05) is 19.1 Å². The third-order valence-electron chi connectivity index (χ3n) is 2.91. The number of hydrogen-bond donors (Lipinski definition) is 0. The summed E-state index contributed by atoms with van der Waals surface area (Å²) in [6, 6.07) is 9.36. The standard InChI is InChI=1S/C14H17N3O2/c1-16(13-8-14(18)17(2)10-15-13)9-11-5-4-6-12(7-11)19-3/h4-8,10H,9H2,1-3H3. The summed E-state index contributed by atoms with van der Waals surface area (Å²) in [6.07, 6.45) is 1.53. The zero-order valence-corrected chi connectivity index (χ0v) is 11.3. The molecule has 0 atom stereocenters. The maximum Gasteiger partial charge on any atom is 0.255 e. The molecule has 0 saturated carbocycles. The van der Waals surface area contributed by atoms with E-state index in [1.165, 1.54) is 17.0 Å². The number of benzene rings is 1. The molecule has 0 N–H and O–H groups in total. The highest BCUT2D eigenvalue weighted by Gasteiger charge is 2.05. The summed E-state index contributed by atoms with van der Waals surface area (Å²) in [4.78, 5) is 17.7. The number of aryl methyl sites for hydroxylation is 1. The first-order valence-electron chi connectivity index (χ1n) is 5.97. The van der Waals surface area contributed by atoms with Crippen LogP contribution in [0.1, 0.15) is 5.56 Å². The van der Waals surface area contributed by atoms with Gasteiger partial charge in [0.2, 0.25) is 0 Å². The lowest BCUT2D eigenvalue weighted by Crippen LogP contribution is -2.23. The number of rotatable bonds is 4. The van der Waals surface area contributed by atoms with Crippen LogP contribution < -0.4 is 15.2 Å². The molecule has 0 spiro atoms. The van der Waals surface area contributed by atoms with Gasteiger partial charge >= 0.3 is 0 Å². The molecule has 0 bridgehead atoms. The van der Waals surface area contributed by atoms with E-state index in [9.17, 15) is 4.79 Å². The maximum absolute atomic E-state index is 11.6. The van der Waals surface area contributed by atoms with Crippen molar-refractivity contribution in [1.29, 1.82) is 0 Å². The molecule has 1 aromatic carbocycles. The number of hydrogen-bond acceptors (Lipinski definition) is 4. The van der Waals surface area contributed by atoms with Crippen LogP contribution in [0.3, 0.4) is 0 Å². The van der Waals surface area contributed by atoms with Gasteiger partial charge in [-0.25, -0.2) is 4.98 Å². The molecule has 100 valence electrons. The molecular weight excluding hydrogens is 242 g/mol. The summed E-state index contributed by atoms with van der Waals surface area (Å²) in [5, 5.41) is 0. The molecule has 0 fully saturated rings. The predicted octanol–water partition coefficient (Wildman–Crippen LogP) is 1.43. The van der Waals surface area contributed by atoms with E-state index in [1.807, 2.05) is 36.2 Å². The highest BCUT2D eigenvalue weighted by atomic mass is 16.5. The molecule has 0 aliphatic rings. The summed E-state index contributed by atoms with van der Waals surface area (Å²) in [5.74, 6) is 1.48. The Hall–Kier alpha value is -2.30. The normalized spacial score (nSPS) is 10.3. The fourth-order valence-electron chi connectivity index (χ4n) is 1.79. The second-order valence-electron chi connectivity index (χ2n) is 4.40. The fourth-order valence-corrected chi connectivity index (χ4v) is 1.79. The number of methoxy groups -OCH3 is 1. The van der Waals surface area contributed by atoms with Gasteiger partial charge in [-0.05, 0) is 17.7 Å². The zero-order chi connectivity index (χ0) is 13.8. The maximum atomic E-state index is 11.6. The van der Waals surface area contributed by atoms with E-state index in [2.05, 4.69) is 4.98 Å². The van der Waals surface area contributed by atoms with Crippen LogP contribution in [0.25, 0.3) is 0 Å². The topological polar surface area (TPSA) is 47.4 Å². The lowest BCUT2D eigenvalue weighted by atomic mass is 10.2. The van der Waals surface area contributed by atoms with Gasteiger partial charge in [-0.2, -0.15) is 0 Å². The quantitative estimate of drug-likeness (QED) is 0.833. The lowest BCUT2D eigenvalue weighted by Gasteiger charge is -2.18. The van der Waals surface area contributed by atoms with E-state index in [0.29, 0.717) is 12.4 Å². The van der Waals surface area contributed by atoms with Crippen molar-refractivity contribution in [2.24, 2.45) is 7.05 Å². The van der Waals surface area contributed by atoms with Crippen LogP contribution in [0, 0.1) is 0 Å². The van der Waals surface area contributed by atoms with Gasteiger partial charge in [0.1, 0.15) is 11.6 Å². The van der Waals surface area contributed by atoms with Crippen LogP contribution in [0.4, 0.5) is 5.82 Å². The van der Waals surface area contributed by atoms with E-state index in [-0.39, 0.29) is 5.56 Å². The Morgan fingerprint density at radius 3 is 2.84 bits per heavy atom. The molecule has 5 heteroatoms. The monoisotopic (exact) mass is 259 g/mol. The van der Waals surface area contributed by atoms with Crippen LogP contribution in [0.15, 0.2) is 41.5 Å². The SMILES string of the molecule is COc1cccc(CN(C)c2cc(=O)n(C)cn2)c1. The number of anilines is 1. The van der Waals surface area contributed by atoms with Gasteiger partial charge in [0.15, 0.2) is 0 Å². The largest absolute Gasteiger partial charge is 0.497 e. The van der Waals surface area contributed by atoms with Crippen molar-refractivity contribution in [3.05, 3.63) is 52.6 Å². The highest BCUT2D eigenvalue weighted by molar-refractivity contribution is 5.38. The Kier molecular flexibility index (Phi) is 3.85. The number of ether oxygens (including phenoxy) is 1. The Labute approximate surface area is 112 Å². The molecule has 0 amide bonds. The van der Waals surface area contributed by atoms with Crippen molar-refractivity contribution in [3.63, 3.8) is 0 Å². The van der Waals surface area contributed by atoms with E-state index < -0.39 is 0 Å². The zero-order valence-electron chi connectivity index (χ0n) is 11.3. The second-order valence-corrected chi connectivity index (χ2v) is 4.40. The van der Waals surface area contributed by atoms with Crippen LogP contribution in [-0.4, -0.2) is 23.7 Å².